The number of rotatable bonds is 4. The fraction of sp³-hybridized carbons (Fsp3) is 0.308. The van der Waals surface area contributed by atoms with Crippen LogP contribution >= 0.6 is 0 Å². The molecule has 1 N–H and O–H groups in total. The van der Waals surface area contributed by atoms with Crippen molar-refractivity contribution in [3.8, 4) is 5.75 Å². The van der Waals surface area contributed by atoms with Crippen molar-refractivity contribution in [3.63, 3.8) is 0 Å². The van der Waals surface area contributed by atoms with Crippen LogP contribution in [0.1, 0.15) is 30.0 Å². The molecule has 1 unspecified atom stereocenters. The summed E-state index contributed by atoms with van der Waals surface area (Å²) in [5.41, 5.74) is 1.59. The van der Waals surface area contributed by atoms with Gasteiger partial charge < -0.3 is 14.4 Å². The summed E-state index contributed by atoms with van der Waals surface area (Å²) in [6.07, 6.45) is -0.553. The van der Waals surface area contributed by atoms with Crippen molar-refractivity contribution < 1.29 is 14.4 Å². The summed E-state index contributed by atoms with van der Waals surface area (Å²) in [5.74, 6) is 1.33. The van der Waals surface area contributed by atoms with Crippen molar-refractivity contribution in [1.82, 2.24) is 5.16 Å². The van der Waals surface area contributed by atoms with Crippen LogP contribution in [-0.4, -0.2) is 10.3 Å². The Morgan fingerprint density at radius 2 is 2.18 bits per heavy atom. The summed E-state index contributed by atoms with van der Waals surface area (Å²) in [5, 5.41) is 13.4. The topological polar surface area (TPSA) is 55.5 Å². The van der Waals surface area contributed by atoms with Crippen molar-refractivity contribution in [3.05, 3.63) is 47.3 Å². The van der Waals surface area contributed by atoms with Gasteiger partial charge in [-0.05, 0) is 19.9 Å². The predicted molar refractivity (Wildman–Crippen MR) is 62.6 cm³/mol. The van der Waals surface area contributed by atoms with E-state index in [1.165, 1.54) is 0 Å². The highest BCUT2D eigenvalue weighted by atomic mass is 16.5. The lowest BCUT2D eigenvalue weighted by atomic mass is 10.1. The molecule has 90 valence electrons. The average molecular weight is 233 g/mol. The molecule has 1 aromatic carbocycles. The highest BCUT2D eigenvalue weighted by molar-refractivity contribution is 5.34. The van der Waals surface area contributed by atoms with Crippen LogP contribution < -0.4 is 4.74 Å². The summed E-state index contributed by atoms with van der Waals surface area (Å²) in [4.78, 5) is 0. The number of ether oxygens (including phenoxy) is 1. The number of aryl methyl sites for hydroxylation is 1. The maximum Gasteiger partial charge on any atom is 0.174 e. The molecule has 4 nitrogen and oxygen atoms in total. The number of hydrogen-bond donors (Lipinski definition) is 1. The molecule has 17 heavy (non-hydrogen) atoms. The summed E-state index contributed by atoms with van der Waals surface area (Å²) in [7, 11) is 0. The van der Waals surface area contributed by atoms with Gasteiger partial charge in [0.2, 0.25) is 0 Å². The third-order valence-corrected chi connectivity index (χ3v) is 2.42. The van der Waals surface area contributed by atoms with E-state index in [0.717, 1.165) is 11.3 Å². The van der Waals surface area contributed by atoms with Crippen molar-refractivity contribution in [2.75, 3.05) is 0 Å². The first-order chi connectivity index (χ1) is 8.16. The van der Waals surface area contributed by atoms with Gasteiger partial charge in [-0.1, -0.05) is 23.4 Å². The molecule has 0 fully saturated rings. The fourth-order valence-corrected chi connectivity index (χ4v) is 1.59. The maximum absolute atomic E-state index is 9.59. The minimum atomic E-state index is -0.553. The average Bonchev–Trinajstić information content (AvgIpc) is 2.73. The normalized spacial score (nSPS) is 12.4. The first-order valence-corrected chi connectivity index (χ1v) is 5.49. The molecule has 0 amide bonds. The largest absolute Gasteiger partial charge is 0.485 e. The zero-order chi connectivity index (χ0) is 12.3. The van der Waals surface area contributed by atoms with Crippen molar-refractivity contribution >= 4 is 0 Å². The second kappa shape index (κ2) is 5.01. The second-order valence-corrected chi connectivity index (χ2v) is 3.94. The van der Waals surface area contributed by atoms with Crippen molar-refractivity contribution in [2.24, 2.45) is 0 Å². The molecule has 0 aliphatic carbocycles. The van der Waals surface area contributed by atoms with Crippen molar-refractivity contribution in [2.45, 2.75) is 26.6 Å². The number of aromatic nitrogens is 1. The molecule has 2 rings (SSSR count). The van der Waals surface area contributed by atoms with E-state index in [4.69, 9.17) is 9.26 Å². The third-order valence-electron chi connectivity index (χ3n) is 2.42. The van der Waals surface area contributed by atoms with Crippen LogP contribution in [0.4, 0.5) is 0 Å². The zero-order valence-electron chi connectivity index (χ0n) is 9.88. The van der Waals surface area contributed by atoms with E-state index in [2.05, 4.69) is 5.16 Å². The van der Waals surface area contributed by atoms with E-state index in [0.29, 0.717) is 18.1 Å². The predicted octanol–water partition coefficient (Wildman–Crippen LogP) is 2.62. The first-order valence-electron chi connectivity index (χ1n) is 5.49. The zero-order valence-corrected chi connectivity index (χ0v) is 9.88. The van der Waals surface area contributed by atoms with Gasteiger partial charge >= 0.3 is 0 Å². The Labute approximate surface area is 99.8 Å². The molecule has 0 aliphatic rings. The van der Waals surface area contributed by atoms with Gasteiger partial charge in [-0.15, -0.1) is 0 Å². The molecule has 0 bridgehead atoms. The second-order valence-electron chi connectivity index (χ2n) is 3.94. The number of para-hydroxylation sites is 1. The Morgan fingerprint density at radius 3 is 2.82 bits per heavy atom. The molecule has 1 aromatic heterocycles. The Bertz CT molecular complexity index is 491. The van der Waals surface area contributed by atoms with Gasteiger partial charge in [0, 0.05) is 11.6 Å². The molecule has 0 spiro atoms. The van der Waals surface area contributed by atoms with Crippen LogP contribution in [0.2, 0.25) is 0 Å². The summed E-state index contributed by atoms with van der Waals surface area (Å²) >= 11 is 0. The Hall–Kier alpha value is -1.81. The van der Waals surface area contributed by atoms with Gasteiger partial charge in [0.05, 0.1) is 11.8 Å². The minimum Gasteiger partial charge on any atom is -0.485 e. The van der Waals surface area contributed by atoms with Crippen LogP contribution in [-0.2, 0) is 6.61 Å². The summed E-state index contributed by atoms with van der Waals surface area (Å²) in [6.45, 7) is 3.88. The Morgan fingerprint density at radius 1 is 1.41 bits per heavy atom. The Kier molecular flexibility index (Phi) is 3.44. The first kappa shape index (κ1) is 11.7. The van der Waals surface area contributed by atoms with Crippen molar-refractivity contribution in [1.29, 1.82) is 0 Å². The molecule has 2 aromatic rings. The lowest BCUT2D eigenvalue weighted by Gasteiger charge is -2.11. The maximum atomic E-state index is 9.59. The quantitative estimate of drug-likeness (QED) is 0.881. The number of aliphatic hydroxyl groups excluding tert-OH is 1. The lowest BCUT2D eigenvalue weighted by molar-refractivity contribution is 0.186. The van der Waals surface area contributed by atoms with Gasteiger partial charge in [0.15, 0.2) is 5.76 Å². The molecule has 0 saturated heterocycles. The van der Waals surface area contributed by atoms with Crippen LogP contribution in [0.5, 0.6) is 5.75 Å². The van der Waals surface area contributed by atoms with Gasteiger partial charge in [0.25, 0.3) is 0 Å². The number of benzene rings is 1. The van der Waals surface area contributed by atoms with E-state index < -0.39 is 6.10 Å². The number of hydrogen-bond acceptors (Lipinski definition) is 4. The highest BCUT2D eigenvalue weighted by Gasteiger charge is 2.09. The van der Waals surface area contributed by atoms with Gasteiger partial charge in [0.1, 0.15) is 12.4 Å². The fourth-order valence-electron chi connectivity index (χ4n) is 1.59. The SMILES string of the molecule is Cc1cc(COc2ccccc2C(C)O)on1. The van der Waals surface area contributed by atoms with E-state index in [-0.39, 0.29) is 0 Å². The van der Waals surface area contributed by atoms with E-state index in [1.807, 2.05) is 37.3 Å². The molecular weight excluding hydrogens is 218 g/mol. The van der Waals surface area contributed by atoms with E-state index in [1.54, 1.807) is 6.92 Å². The number of nitrogens with zero attached hydrogens (tertiary/aromatic N) is 1. The van der Waals surface area contributed by atoms with Crippen LogP contribution in [0, 0.1) is 6.92 Å². The standard InChI is InChI=1S/C13H15NO3/c1-9-7-11(17-14-9)8-16-13-6-4-3-5-12(13)10(2)15/h3-7,10,15H,8H2,1-2H3. The smallest absolute Gasteiger partial charge is 0.174 e. The van der Waals surface area contributed by atoms with E-state index in [9.17, 15) is 5.11 Å². The molecule has 0 saturated carbocycles. The summed E-state index contributed by atoms with van der Waals surface area (Å²) in [6, 6.07) is 9.22. The summed E-state index contributed by atoms with van der Waals surface area (Å²) < 4.78 is 10.7. The molecule has 1 atom stereocenters. The molecule has 0 aliphatic heterocycles. The molecule has 0 radical (unpaired) electrons. The van der Waals surface area contributed by atoms with Gasteiger partial charge in [-0.3, -0.25) is 0 Å². The Balaban J connectivity index is 2.08. The minimum absolute atomic E-state index is 0.310. The number of aliphatic hydroxyl groups is 1. The van der Waals surface area contributed by atoms with Crippen LogP contribution in [0.3, 0.4) is 0 Å². The molecule has 4 heteroatoms. The monoisotopic (exact) mass is 233 g/mol. The lowest BCUT2D eigenvalue weighted by Crippen LogP contribution is -2.00. The van der Waals surface area contributed by atoms with Crippen LogP contribution in [0.15, 0.2) is 34.9 Å². The third kappa shape index (κ3) is 2.85. The highest BCUT2D eigenvalue weighted by Crippen LogP contribution is 2.25. The van der Waals surface area contributed by atoms with Crippen LogP contribution in [0.25, 0.3) is 0 Å². The molecule has 1 heterocycles. The van der Waals surface area contributed by atoms with Gasteiger partial charge in [-0.2, -0.15) is 0 Å². The van der Waals surface area contributed by atoms with E-state index >= 15 is 0 Å². The van der Waals surface area contributed by atoms with Gasteiger partial charge in [-0.25, -0.2) is 0 Å². The molecular formula is C13H15NO3.